The van der Waals surface area contributed by atoms with Crippen LogP contribution in [-0.2, 0) is 15.9 Å². The predicted octanol–water partition coefficient (Wildman–Crippen LogP) is 3.46. The minimum Gasteiger partial charge on any atom is -0.465 e. The summed E-state index contributed by atoms with van der Waals surface area (Å²) >= 11 is 0. The van der Waals surface area contributed by atoms with Gasteiger partial charge in [0.05, 0.1) is 12.7 Å². The molecule has 0 atom stereocenters. The van der Waals surface area contributed by atoms with Crippen LogP contribution in [0.15, 0.2) is 24.3 Å². The Bertz CT molecular complexity index is 593. The van der Waals surface area contributed by atoms with Crippen molar-refractivity contribution in [1.82, 2.24) is 10.0 Å². The summed E-state index contributed by atoms with van der Waals surface area (Å²) in [5.41, 5.74) is 1.22. The molecule has 1 heterocycles. The van der Waals surface area contributed by atoms with Gasteiger partial charge in [0.15, 0.2) is 0 Å². The van der Waals surface area contributed by atoms with E-state index in [1.807, 2.05) is 45.9 Å². The van der Waals surface area contributed by atoms with Gasteiger partial charge < -0.3 is 14.4 Å². The number of halogens is 1. The fraction of sp³-hybridized carbons (Fsp3) is 0.579. The minimum absolute atomic E-state index is 0.257. The molecule has 0 aliphatic carbocycles. The fourth-order valence-corrected chi connectivity index (χ4v) is 2.33. The molecule has 2 rings (SSSR count). The summed E-state index contributed by atoms with van der Waals surface area (Å²) in [7, 11) is 1.40. The average Bonchev–Trinajstić information content (AvgIpc) is 2.60. The van der Waals surface area contributed by atoms with E-state index >= 15 is 0 Å². The number of benzene rings is 1. The highest BCUT2D eigenvalue weighted by molar-refractivity contribution is 5.90. The Morgan fingerprint density at radius 1 is 1.12 bits per heavy atom. The number of carbonyl (C=O) groups excluding carboxylic acids is 2. The number of piperazine rings is 1. The summed E-state index contributed by atoms with van der Waals surface area (Å²) in [6, 6.07) is 7.48. The summed E-state index contributed by atoms with van der Waals surface area (Å²) < 4.78 is 22.4. The predicted molar refractivity (Wildman–Crippen MR) is 97.6 cm³/mol. The third kappa shape index (κ3) is 7.39. The van der Waals surface area contributed by atoms with E-state index in [2.05, 4.69) is 4.74 Å². The van der Waals surface area contributed by atoms with Crippen LogP contribution in [0, 0.1) is 0 Å². The molecule has 1 amide bonds. The van der Waals surface area contributed by atoms with Gasteiger partial charge in [0.2, 0.25) is 0 Å². The maximum atomic E-state index is 12.6. The molecule has 0 saturated carbocycles. The summed E-state index contributed by atoms with van der Waals surface area (Å²) in [6.45, 7) is 8.78. The first-order valence-corrected chi connectivity index (χ1v) is 8.72. The van der Waals surface area contributed by atoms with Crippen molar-refractivity contribution in [2.24, 2.45) is 0 Å². The summed E-state index contributed by atoms with van der Waals surface area (Å²) in [4.78, 5) is 24.2. The monoisotopic (exact) mass is 368 g/mol. The van der Waals surface area contributed by atoms with Crippen LogP contribution in [0.4, 0.5) is 9.28 Å². The van der Waals surface area contributed by atoms with E-state index in [1.54, 1.807) is 6.07 Å². The summed E-state index contributed by atoms with van der Waals surface area (Å²) in [5, 5.41) is 0.709. The number of rotatable bonds is 2. The van der Waals surface area contributed by atoms with Crippen molar-refractivity contribution in [1.29, 1.82) is 0 Å². The topological polar surface area (TPSA) is 59.1 Å². The van der Waals surface area contributed by atoms with E-state index in [4.69, 9.17) is 4.74 Å². The molecule has 7 heteroatoms. The second-order valence-electron chi connectivity index (χ2n) is 6.88. The Hall–Kier alpha value is -2.15. The molecule has 6 nitrogen and oxygen atoms in total. The van der Waals surface area contributed by atoms with Gasteiger partial charge in [-0.3, -0.25) is 0 Å². The largest absolute Gasteiger partial charge is 0.465 e. The van der Waals surface area contributed by atoms with Gasteiger partial charge >= 0.3 is 12.1 Å². The number of methoxy groups -OCH3 is 1. The van der Waals surface area contributed by atoms with E-state index in [0.717, 1.165) is 12.0 Å². The van der Waals surface area contributed by atoms with Crippen LogP contribution in [0.3, 0.4) is 0 Å². The Kier molecular flexibility index (Phi) is 8.51. The first-order chi connectivity index (χ1) is 12.2. The van der Waals surface area contributed by atoms with Gasteiger partial charge in [-0.15, -0.1) is 9.60 Å². The molecule has 0 bridgehead atoms. The lowest BCUT2D eigenvalue weighted by molar-refractivity contribution is -0.0331. The van der Waals surface area contributed by atoms with Gasteiger partial charge in [0.25, 0.3) is 0 Å². The van der Waals surface area contributed by atoms with Gasteiger partial charge in [-0.25, -0.2) is 9.59 Å². The first-order valence-electron chi connectivity index (χ1n) is 8.72. The van der Waals surface area contributed by atoms with E-state index in [9.17, 15) is 14.1 Å². The van der Waals surface area contributed by atoms with Crippen molar-refractivity contribution < 1.29 is 23.5 Å². The van der Waals surface area contributed by atoms with Crippen molar-refractivity contribution in [2.45, 2.75) is 39.7 Å². The Balaban J connectivity index is 0.000000263. The normalized spacial score (nSPS) is 14.9. The second-order valence-corrected chi connectivity index (χ2v) is 6.88. The van der Waals surface area contributed by atoms with Crippen LogP contribution < -0.4 is 0 Å². The number of hydrogen-bond donors (Lipinski definition) is 0. The molecule has 0 spiro atoms. The smallest absolute Gasteiger partial charge is 0.410 e. The molecule has 1 aliphatic rings. The van der Waals surface area contributed by atoms with Crippen LogP contribution in [0.5, 0.6) is 0 Å². The SMILES string of the molecule is CC(C)(C)OC(=O)N1CCN(F)CC1.CCc1ccccc1C(=O)OC. The molecule has 1 aromatic rings. The average molecular weight is 368 g/mol. The lowest BCUT2D eigenvalue weighted by atomic mass is 10.1. The number of aryl methyl sites for hydroxylation is 1. The maximum absolute atomic E-state index is 12.6. The minimum atomic E-state index is -0.482. The lowest BCUT2D eigenvalue weighted by Crippen LogP contribution is -2.47. The van der Waals surface area contributed by atoms with Crippen molar-refractivity contribution >= 4 is 12.1 Å². The van der Waals surface area contributed by atoms with Crippen molar-refractivity contribution in [3.63, 3.8) is 0 Å². The highest BCUT2D eigenvalue weighted by Crippen LogP contribution is 2.12. The van der Waals surface area contributed by atoms with Crippen molar-refractivity contribution in [2.75, 3.05) is 33.3 Å². The molecule has 1 aromatic carbocycles. The highest BCUT2D eigenvalue weighted by Gasteiger charge is 2.25. The van der Waals surface area contributed by atoms with Gasteiger partial charge in [-0.05, 0) is 38.8 Å². The van der Waals surface area contributed by atoms with Gasteiger partial charge in [-0.2, -0.15) is 0 Å². The third-order valence-electron chi connectivity index (χ3n) is 3.68. The van der Waals surface area contributed by atoms with Gasteiger partial charge in [-0.1, -0.05) is 25.1 Å². The summed E-state index contributed by atoms with van der Waals surface area (Å²) in [6.07, 6.45) is 0.497. The van der Waals surface area contributed by atoms with Gasteiger partial charge in [0.1, 0.15) is 5.60 Å². The van der Waals surface area contributed by atoms with Crippen molar-refractivity contribution in [3.05, 3.63) is 35.4 Å². The zero-order valence-electron chi connectivity index (χ0n) is 16.3. The quantitative estimate of drug-likeness (QED) is 0.591. The standard InChI is InChI=1S/C10H12O2.C9H17FN2O2/c1-3-8-6-4-5-7-9(8)10(11)12-2;1-9(2,3)14-8(13)11-4-6-12(10)7-5-11/h4-7H,3H2,1-2H3;4-7H2,1-3H3. The molecule has 146 valence electrons. The first kappa shape index (κ1) is 21.9. The van der Waals surface area contributed by atoms with Crippen LogP contribution in [0.2, 0.25) is 0 Å². The molecule has 0 N–H and O–H groups in total. The van der Waals surface area contributed by atoms with E-state index in [-0.39, 0.29) is 25.2 Å². The van der Waals surface area contributed by atoms with Crippen LogP contribution in [0.1, 0.15) is 43.6 Å². The zero-order chi connectivity index (χ0) is 19.7. The van der Waals surface area contributed by atoms with Crippen LogP contribution in [-0.4, -0.2) is 61.0 Å². The molecule has 1 saturated heterocycles. The fourth-order valence-electron chi connectivity index (χ4n) is 2.33. The Labute approximate surface area is 154 Å². The lowest BCUT2D eigenvalue weighted by Gasteiger charge is -2.31. The Morgan fingerprint density at radius 3 is 2.19 bits per heavy atom. The number of hydrogen-bond acceptors (Lipinski definition) is 5. The molecule has 26 heavy (non-hydrogen) atoms. The third-order valence-corrected chi connectivity index (χ3v) is 3.68. The number of ether oxygens (including phenoxy) is 2. The molecule has 0 radical (unpaired) electrons. The number of nitrogens with zero attached hydrogens (tertiary/aromatic N) is 2. The zero-order valence-corrected chi connectivity index (χ0v) is 16.3. The van der Waals surface area contributed by atoms with E-state index in [1.165, 1.54) is 12.0 Å². The molecule has 0 unspecified atom stereocenters. The molecular weight excluding hydrogens is 339 g/mol. The number of esters is 1. The number of carbonyl (C=O) groups is 2. The van der Waals surface area contributed by atoms with Crippen molar-refractivity contribution in [3.8, 4) is 0 Å². The molecule has 0 aromatic heterocycles. The molecule has 1 aliphatic heterocycles. The van der Waals surface area contributed by atoms with Crippen LogP contribution in [0.25, 0.3) is 0 Å². The van der Waals surface area contributed by atoms with E-state index in [0.29, 0.717) is 23.8 Å². The molecule has 1 fully saturated rings. The molecular formula is C19H29FN2O4. The number of amides is 1. The van der Waals surface area contributed by atoms with Gasteiger partial charge in [0, 0.05) is 26.2 Å². The van der Waals surface area contributed by atoms with Crippen LogP contribution >= 0.6 is 0 Å². The second kappa shape index (κ2) is 10.1. The maximum Gasteiger partial charge on any atom is 0.410 e. The Morgan fingerprint density at radius 2 is 1.69 bits per heavy atom. The summed E-state index contributed by atoms with van der Waals surface area (Å²) in [5.74, 6) is -0.257. The van der Waals surface area contributed by atoms with E-state index < -0.39 is 5.60 Å². The highest BCUT2D eigenvalue weighted by atomic mass is 19.2.